The van der Waals surface area contributed by atoms with Crippen LogP contribution in [0.1, 0.15) is 5.56 Å². The fourth-order valence-electron chi connectivity index (χ4n) is 3.03. The minimum absolute atomic E-state index is 0.824. The Kier molecular flexibility index (Phi) is 2.64. The second-order valence-corrected chi connectivity index (χ2v) is 5.28. The quantitative estimate of drug-likeness (QED) is 0.589. The van der Waals surface area contributed by atoms with Crippen LogP contribution in [-0.4, -0.2) is 0 Å². The fourth-order valence-corrected chi connectivity index (χ4v) is 3.03. The van der Waals surface area contributed by atoms with Crippen molar-refractivity contribution in [2.75, 3.05) is 0 Å². The second-order valence-electron chi connectivity index (χ2n) is 5.28. The van der Waals surface area contributed by atoms with Crippen molar-refractivity contribution in [1.82, 2.24) is 0 Å². The van der Waals surface area contributed by atoms with Gasteiger partial charge in [0.15, 0.2) is 0 Å². The zero-order valence-electron chi connectivity index (χ0n) is 11.6. The van der Waals surface area contributed by atoms with Gasteiger partial charge in [-0.25, -0.2) is 0 Å². The minimum atomic E-state index is 0.824. The lowest BCUT2D eigenvalue weighted by molar-refractivity contribution is 1.41. The predicted octanol–water partition coefficient (Wildman–Crippen LogP) is 3.70. The van der Waals surface area contributed by atoms with Crippen molar-refractivity contribution in [1.29, 1.82) is 0 Å². The van der Waals surface area contributed by atoms with E-state index in [0.29, 0.717) is 0 Å². The average molecular weight is 266 g/mol. The van der Waals surface area contributed by atoms with E-state index in [2.05, 4.69) is 73.2 Å². The van der Waals surface area contributed by atoms with Crippen LogP contribution in [0.3, 0.4) is 0 Å². The van der Waals surface area contributed by atoms with Crippen molar-refractivity contribution >= 4 is 23.4 Å². The zero-order chi connectivity index (χ0) is 14.2. The second kappa shape index (κ2) is 4.63. The summed E-state index contributed by atoms with van der Waals surface area (Å²) in [5.74, 6) is 0. The van der Waals surface area contributed by atoms with E-state index in [1.165, 1.54) is 27.1 Å². The first-order chi connectivity index (χ1) is 10.3. The van der Waals surface area contributed by atoms with Crippen molar-refractivity contribution in [2.24, 2.45) is 0 Å². The average Bonchev–Trinajstić information content (AvgIpc) is 2.54. The van der Waals surface area contributed by atoms with Gasteiger partial charge in [0.2, 0.25) is 0 Å². The van der Waals surface area contributed by atoms with E-state index in [4.69, 9.17) is 6.58 Å². The number of allylic oxidation sites excluding steroid dienone is 2. The lowest BCUT2D eigenvalue weighted by Gasteiger charge is -2.19. The number of benzene rings is 3. The molecule has 0 heterocycles. The summed E-state index contributed by atoms with van der Waals surface area (Å²) >= 11 is 0. The summed E-state index contributed by atoms with van der Waals surface area (Å²) in [6, 6.07) is 18.9. The largest absolute Gasteiger partial charge is 0.145 e. The first-order valence-electron chi connectivity index (χ1n) is 7.10. The Bertz CT molecular complexity index is 969. The van der Waals surface area contributed by atoms with Gasteiger partial charge in [-0.3, -0.25) is 0 Å². The molecule has 0 spiro atoms. The van der Waals surface area contributed by atoms with Crippen LogP contribution in [-0.2, 0) is 0 Å². The van der Waals surface area contributed by atoms with Gasteiger partial charge in [-0.15, -0.1) is 30.2 Å². The van der Waals surface area contributed by atoms with Crippen molar-refractivity contribution in [3.05, 3.63) is 89.2 Å². The van der Waals surface area contributed by atoms with Crippen LogP contribution in [0.25, 0.3) is 34.6 Å². The van der Waals surface area contributed by atoms with Gasteiger partial charge in [0, 0.05) is 6.07 Å². The summed E-state index contributed by atoms with van der Waals surface area (Å²) in [5.41, 5.74) is 3.53. The highest BCUT2D eigenvalue weighted by Gasteiger charge is 2.08. The Morgan fingerprint density at radius 1 is 0.857 bits per heavy atom. The molecule has 98 valence electrons. The number of rotatable bonds is 1. The normalized spacial score (nSPS) is 12.5. The van der Waals surface area contributed by atoms with Gasteiger partial charge >= 0.3 is 0 Å². The minimum Gasteiger partial charge on any atom is -0.145 e. The fraction of sp³-hybridized carbons (Fsp3) is 0. The highest BCUT2D eigenvalue weighted by molar-refractivity contribution is 5.97. The SMILES string of the molecule is [CH+]=c1ccc2c(c1-c1cccc3ccccc13)[CH-]C=CC=2. The maximum absolute atomic E-state index is 6.31. The Hall–Kier alpha value is -2.82. The van der Waals surface area contributed by atoms with Gasteiger partial charge in [-0.05, 0) is 34.5 Å². The van der Waals surface area contributed by atoms with Crippen LogP contribution in [0.2, 0.25) is 0 Å². The summed E-state index contributed by atoms with van der Waals surface area (Å²) in [4.78, 5) is 0. The number of fused-ring (bicyclic) bond motifs is 2. The molecular formula is C21H14. The Morgan fingerprint density at radius 3 is 2.67 bits per heavy atom. The van der Waals surface area contributed by atoms with E-state index in [-0.39, 0.29) is 0 Å². The van der Waals surface area contributed by atoms with E-state index >= 15 is 0 Å². The molecule has 0 saturated heterocycles. The van der Waals surface area contributed by atoms with Crippen LogP contribution in [0, 0.1) is 6.42 Å². The lowest BCUT2D eigenvalue weighted by Crippen LogP contribution is -2.18. The molecule has 3 aromatic rings. The number of hydrogen-bond acceptors (Lipinski definition) is 0. The summed E-state index contributed by atoms with van der Waals surface area (Å²) in [6.45, 7) is 6.31. The zero-order valence-corrected chi connectivity index (χ0v) is 11.6. The molecule has 4 rings (SSSR count). The van der Waals surface area contributed by atoms with E-state index in [1.807, 2.05) is 6.07 Å². The first kappa shape index (κ1) is 12.0. The van der Waals surface area contributed by atoms with Crippen LogP contribution in [0.15, 0.2) is 66.7 Å². The van der Waals surface area contributed by atoms with E-state index in [9.17, 15) is 0 Å². The van der Waals surface area contributed by atoms with E-state index < -0.39 is 0 Å². The molecular weight excluding hydrogens is 252 g/mol. The maximum atomic E-state index is 6.31. The summed E-state index contributed by atoms with van der Waals surface area (Å²) in [5, 5.41) is 4.52. The summed E-state index contributed by atoms with van der Waals surface area (Å²) in [7, 11) is 0. The molecule has 0 atom stereocenters. The van der Waals surface area contributed by atoms with Gasteiger partial charge in [-0.1, -0.05) is 47.7 Å². The van der Waals surface area contributed by atoms with Crippen molar-refractivity contribution in [2.45, 2.75) is 0 Å². The van der Waals surface area contributed by atoms with E-state index in [1.54, 1.807) is 0 Å². The predicted molar refractivity (Wildman–Crippen MR) is 90.1 cm³/mol. The molecule has 0 aliphatic heterocycles. The molecule has 0 bridgehead atoms. The van der Waals surface area contributed by atoms with Gasteiger partial charge in [0.1, 0.15) is 0 Å². The molecule has 0 nitrogen and oxygen atoms in total. The number of hydrogen-bond donors (Lipinski definition) is 0. The van der Waals surface area contributed by atoms with Crippen molar-refractivity contribution < 1.29 is 0 Å². The Balaban J connectivity index is 2.14. The molecule has 0 unspecified atom stereocenters. The van der Waals surface area contributed by atoms with E-state index in [0.717, 1.165) is 10.8 Å². The molecule has 0 heteroatoms. The third-order valence-electron chi connectivity index (χ3n) is 4.02. The van der Waals surface area contributed by atoms with Gasteiger partial charge < -0.3 is 0 Å². The van der Waals surface area contributed by atoms with Crippen molar-refractivity contribution in [3.63, 3.8) is 0 Å². The molecule has 0 N–H and O–H groups in total. The van der Waals surface area contributed by atoms with Crippen LogP contribution in [0.4, 0.5) is 0 Å². The molecule has 0 aromatic heterocycles. The lowest BCUT2D eigenvalue weighted by atomic mass is 9.89. The molecule has 0 saturated carbocycles. The molecule has 21 heavy (non-hydrogen) atoms. The third-order valence-corrected chi connectivity index (χ3v) is 4.02. The van der Waals surface area contributed by atoms with Crippen LogP contribution < -0.4 is 10.4 Å². The van der Waals surface area contributed by atoms with Gasteiger partial charge in [-0.2, -0.15) is 0 Å². The standard InChI is InChI=1S/C21H14/c1-15-13-14-17-8-3-5-11-19(17)21(15)20-12-6-9-16-7-2-4-10-18(16)20/h1-14H. The molecule has 1 aliphatic carbocycles. The third kappa shape index (κ3) is 1.86. The topological polar surface area (TPSA) is 0 Å². The summed E-state index contributed by atoms with van der Waals surface area (Å²) < 4.78 is 0. The van der Waals surface area contributed by atoms with Crippen molar-refractivity contribution in [3.8, 4) is 11.1 Å². The first-order valence-corrected chi connectivity index (χ1v) is 7.10. The Morgan fingerprint density at radius 2 is 1.71 bits per heavy atom. The summed E-state index contributed by atoms with van der Waals surface area (Å²) in [6.07, 6.45) is 8.40. The van der Waals surface area contributed by atoms with Crippen LogP contribution >= 0.6 is 0 Å². The van der Waals surface area contributed by atoms with Gasteiger partial charge in [0.05, 0.1) is 5.22 Å². The van der Waals surface area contributed by atoms with Gasteiger partial charge in [0.25, 0.3) is 0 Å². The highest BCUT2D eigenvalue weighted by Crippen LogP contribution is 2.28. The molecule has 0 amide bonds. The highest BCUT2D eigenvalue weighted by atomic mass is 14.1. The maximum Gasteiger partial charge on any atom is 0.0947 e. The smallest absolute Gasteiger partial charge is 0.0947 e. The molecule has 0 radical (unpaired) electrons. The van der Waals surface area contributed by atoms with Crippen LogP contribution in [0.5, 0.6) is 0 Å². The Labute approximate surface area is 124 Å². The molecule has 3 aromatic carbocycles. The monoisotopic (exact) mass is 266 g/mol. The molecule has 1 aliphatic rings. The molecule has 0 fully saturated rings.